The van der Waals surface area contributed by atoms with Crippen molar-refractivity contribution in [2.75, 3.05) is 0 Å². The highest BCUT2D eigenvalue weighted by Crippen LogP contribution is 2.67. The van der Waals surface area contributed by atoms with Crippen molar-refractivity contribution in [2.24, 2.45) is 44.3 Å². The second-order valence-electron chi connectivity index (χ2n) is 15.6. The normalized spacial score (nSPS) is 35.5. The average molecular weight is 566 g/mol. The standard InChI is InChI=1S/C34H51N3O4/c1-22-18-29(3,4)13-15-34(22,28(41)37-36-21-38)16-14-30(5,6)33(10)12-11-25-31(7,8)27(40)24(20-35)19-32(25,9)26(33)17-23(2)39/h17,19,21-22,25H,11-16,18H2,1-10H3,(H,36,38)(H,37,41)/b26-17-/t22?,25-,32-,33+,34-/m0/s1. The fourth-order valence-electron chi connectivity index (χ4n) is 8.90. The molecular weight excluding hydrogens is 514 g/mol. The Morgan fingerprint density at radius 2 is 1.76 bits per heavy atom. The van der Waals surface area contributed by atoms with Crippen LogP contribution in [0.5, 0.6) is 0 Å². The maximum atomic E-state index is 13.6. The summed E-state index contributed by atoms with van der Waals surface area (Å²) < 4.78 is 0. The number of ketones is 2. The van der Waals surface area contributed by atoms with Gasteiger partial charge in [-0.3, -0.25) is 30.0 Å². The maximum absolute atomic E-state index is 13.6. The van der Waals surface area contributed by atoms with Crippen LogP contribution in [0.4, 0.5) is 0 Å². The van der Waals surface area contributed by atoms with Crippen molar-refractivity contribution in [3.63, 3.8) is 0 Å². The summed E-state index contributed by atoms with van der Waals surface area (Å²) in [5.41, 5.74) is 3.57. The Labute approximate surface area is 246 Å². The van der Waals surface area contributed by atoms with E-state index in [4.69, 9.17) is 0 Å². The van der Waals surface area contributed by atoms with Gasteiger partial charge < -0.3 is 0 Å². The van der Waals surface area contributed by atoms with Crippen LogP contribution in [0.25, 0.3) is 0 Å². The van der Waals surface area contributed by atoms with E-state index in [0.29, 0.717) is 12.8 Å². The second-order valence-corrected chi connectivity index (χ2v) is 15.6. The fourth-order valence-corrected chi connectivity index (χ4v) is 8.90. The number of rotatable bonds is 8. The lowest BCUT2D eigenvalue weighted by Crippen LogP contribution is -2.56. The average Bonchev–Trinajstić information content (AvgIpc) is 2.86. The minimum Gasteiger partial charge on any atom is -0.295 e. The van der Waals surface area contributed by atoms with Crippen LogP contribution in [-0.2, 0) is 19.2 Å². The van der Waals surface area contributed by atoms with Gasteiger partial charge in [0, 0.05) is 10.8 Å². The number of amides is 2. The lowest BCUT2D eigenvalue weighted by molar-refractivity contribution is -0.142. The number of hydrogen-bond acceptors (Lipinski definition) is 5. The van der Waals surface area contributed by atoms with E-state index in [0.717, 1.165) is 44.1 Å². The molecule has 2 fully saturated rings. The van der Waals surface area contributed by atoms with E-state index in [1.54, 1.807) is 13.0 Å². The maximum Gasteiger partial charge on any atom is 0.244 e. The summed E-state index contributed by atoms with van der Waals surface area (Å²) in [4.78, 5) is 50.7. The number of hydrazine groups is 1. The second kappa shape index (κ2) is 10.8. The molecule has 0 aromatic carbocycles. The molecule has 0 aromatic heterocycles. The van der Waals surface area contributed by atoms with Gasteiger partial charge in [0.05, 0.1) is 11.0 Å². The summed E-state index contributed by atoms with van der Waals surface area (Å²) in [6.45, 7) is 20.8. The highest BCUT2D eigenvalue weighted by atomic mass is 16.2. The van der Waals surface area contributed by atoms with Crippen molar-refractivity contribution in [1.29, 1.82) is 5.26 Å². The zero-order valence-corrected chi connectivity index (χ0v) is 26.9. The van der Waals surface area contributed by atoms with E-state index in [2.05, 4.69) is 65.4 Å². The van der Waals surface area contributed by atoms with E-state index >= 15 is 0 Å². The van der Waals surface area contributed by atoms with Crippen LogP contribution in [0.1, 0.15) is 114 Å². The molecular formula is C34H51N3O4. The molecule has 1 unspecified atom stereocenters. The van der Waals surface area contributed by atoms with Crippen LogP contribution < -0.4 is 10.9 Å². The van der Waals surface area contributed by atoms with Crippen molar-refractivity contribution < 1.29 is 19.2 Å². The van der Waals surface area contributed by atoms with Crippen LogP contribution in [0.3, 0.4) is 0 Å². The fraction of sp³-hybridized carbons (Fsp3) is 0.735. The zero-order valence-electron chi connectivity index (χ0n) is 26.9. The molecule has 7 nitrogen and oxygen atoms in total. The molecule has 2 N–H and O–H groups in total. The van der Waals surface area contributed by atoms with Crippen LogP contribution in [0, 0.1) is 55.7 Å². The van der Waals surface area contributed by atoms with Gasteiger partial charge in [-0.1, -0.05) is 74.0 Å². The lowest BCUT2D eigenvalue weighted by Gasteiger charge is -2.61. The number of nitrogens with one attached hydrogen (secondary N) is 2. The number of fused-ring (bicyclic) bond motifs is 1. The van der Waals surface area contributed by atoms with Gasteiger partial charge in [-0.05, 0) is 86.0 Å². The molecule has 0 saturated heterocycles. The first kappa shape index (κ1) is 32.8. The number of Topliss-reactive ketones (excluding diaryl/α,β-unsaturated/α-hetero) is 1. The molecule has 3 aliphatic rings. The monoisotopic (exact) mass is 565 g/mol. The summed E-state index contributed by atoms with van der Waals surface area (Å²) in [5.74, 6) is -0.239. The third kappa shape index (κ3) is 5.44. The van der Waals surface area contributed by atoms with Crippen LogP contribution >= 0.6 is 0 Å². The molecule has 0 bridgehead atoms. The van der Waals surface area contributed by atoms with Crippen LogP contribution in [0.2, 0.25) is 0 Å². The molecule has 2 saturated carbocycles. The van der Waals surface area contributed by atoms with Gasteiger partial charge in [0.15, 0.2) is 11.6 Å². The first-order chi connectivity index (χ1) is 18.7. The quantitative estimate of drug-likeness (QED) is 0.201. The van der Waals surface area contributed by atoms with Gasteiger partial charge in [-0.25, -0.2) is 0 Å². The Kier molecular flexibility index (Phi) is 8.65. The van der Waals surface area contributed by atoms with Crippen molar-refractivity contribution in [1.82, 2.24) is 10.9 Å². The Morgan fingerprint density at radius 3 is 2.29 bits per heavy atom. The van der Waals surface area contributed by atoms with Gasteiger partial charge >= 0.3 is 0 Å². The van der Waals surface area contributed by atoms with E-state index in [1.165, 1.54) is 0 Å². The van der Waals surface area contributed by atoms with Gasteiger partial charge in [0.2, 0.25) is 12.3 Å². The van der Waals surface area contributed by atoms with Gasteiger partial charge in [-0.2, -0.15) is 5.26 Å². The summed E-state index contributed by atoms with van der Waals surface area (Å²) >= 11 is 0. The van der Waals surface area contributed by atoms with Crippen LogP contribution in [0.15, 0.2) is 23.3 Å². The van der Waals surface area contributed by atoms with E-state index < -0.39 is 21.7 Å². The number of carbonyl (C=O) groups is 4. The Hall–Kier alpha value is -2.75. The molecule has 0 radical (unpaired) electrons. The Bertz CT molecular complexity index is 1220. The Morgan fingerprint density at radius 1 is 1.12 bits per heavy atom. The first-order valence-corrected chi connectivity index (χ1v) is 15.1. The number of hydrogen-bond donors (Lipinski definition) is 2. The van der Waals surface area contributed by atoms with Gasteiger partial charge in [-0.15, -0.1) is 0 Å². The zero-order chi connectivity index (χ0) is 31.2. The van der Waals surface area contributed by atoms with Crippen LogP contribution in [-0.4, -0.2) is 23.9 Å². The highest BCUT2D eigenvalue weighted by Gasteiger charge is 2.61. The largest absolute Gasteiger partial charge is 0.295 e. The minimum atomic E-state index is -0.728. The molecule has 226 valence electrons. The summed E-state index contributed by atoms with van der Waals surface area (Å²) in [6, 6.07) is 2.15. The molecule has 41 heavy (non-hydrogen) atoms. The molecule has 5 atom stereocenters. The number of carbonyl (C=O) groups excluding carboxylic acids is 4. The molecule has 0 aliphatic heterocycles. The number of nitriles is 1. The van der Waals surface area contributed by atoms with Gasteiger partial charge in [0.1, 0.15) is 6.07 Å². The van der Waals surface area contributed by atoms with Crippen molar-refractivity contribution in [3.8, 4) is 6.07 Å². The number of allylic oxidation sites excluding steroid dienone is 4. The summed E-state index contributed by atoms with van der Waals surface area (Å²) in [6.07, 6.45) is 9.62. The van der Waals surface area contributed by atoms with E-state index in [1.807, 2.05) is 19.9 Å². The molecule has 0 spiro atoms. The SMILES string of the molecule is CC(=O)/C=C1/[C@@]2(C)C=C(C#N)C(=O)C(C)(C)[C@@H]2CC[C@@]1(C)C(C)(C)CC[C@@]1(C(=O)NNC=O)CCC(C)(C)CC1C. The van der Waals surface area contributed by atoms with Crippen molar-refractivity contribution >= 4 is 23.9 Å². The highest BCUT2D eigenvalue weighted by molar-refractivity contribution is 6.04. The number of nitrogens with zero attached hydrogens (tertiary/aromatic N) is 1. The molecule has 2 amide bonds. The van der Waals surface area contributed by atoms with Gasteiger partial charge in [0.25, 0.3) is 0 Å². The first-order valence-electron chi connectivity index (χ1n) is 15.1. The summed E-state index contributed by atoms with van der Waals surface area (Å²) in [7, 11) is 0. The topological polar surface area (TPSA) is 116 Å². The van der Waals surface area contributed by atoms with E-state index in [9.17, 15) is 24.4 Å². The molecule has 3 aliphatic carbocycles. The predicted octanol–water partition coefficient (Wildman–Crippen LogP) is 6.40. The van der Waals surface area contributed by atoms with E-state index in [-0.39, 0.29) is 45.7 Å². The third-order valence-electron chi connectivity index (χ3n) is 11.9. The minimum absolute atomic E-state index is 0.0405. The third-order valence-corrected chi connectivity index (χ3v) is 11.9. The van der Waals surface area contributed by atoms with Crippen molar-refractivity contribution in [3.05, 3.63) is 23.3 Å². The molecule has 0 aromatic rings. The van der Waals surface area contributed by atoms with Crippen molar-refractivity contribution in [2.45, 2.75) is 114 Å². The molecule has 3 rings (SSSR count). The smallest absolute Gasteiger partial charge is 0.244 e. The molecule has 0 heterocycles. The lowest BCUT2D eigenvalue weighted by atomic mass is 9.42. The summed E-state index contributed by atoms with van der Waals surface area (Å²) in [5, 5.41) is 9.90. The molecule has 7 heteroatoms. The predicted molar refractivity (Wildman–Crippen MR) is 160 cm³/mol. The Balaban J connectivity index is 2.08.